The lowest BCUT2D eigenvalue weighted by molar-refractivity contribution is -0.118. The van der Waals surface area contributed by atoms with Gasteiger partial charge in [0.1, 0.15) is 0 Å². The maximum absolute atomic E-state index is 12.9. The fourth-order valence-corrected chi connectivity index (χ4v) is 4.48. The lowest BCUT2D eigenvalue weighted by Gasteiger charge is -2.22. The zero-order valence-electron chi connectivity index (χ0n) is 15.2. The SMILES string of the molecule is C[C@H]1CCN(C(=O)CCn2cnc3ccccc3c2=O)c2ccccc2S1. The normalized spacial score (nSPS) is 16.8. The van der Waals surface area contributed by atoms with Crippen molar-refractivity contribution in [1.29, 1.82) is 0 Å². The van der Waals surface area contributed by atoms with Crippen molar-refractivity contribution in [2.24, 2.45) is 0 Å². The van der Waals surface area contributed by atoms with Crippen molar-refractivity contribution in [3.8, 4) is 0 Å². The van der Waals surface area contributed by atoms with Gasteiger partial charge in [-0.05, 0) is 30.7 Å². The van der Waals surface area contributed by atoms with Gasteiger partial charge in [-0.2, -0.15) is 0 Å². The number of aromatic nitrogens is 2. The number of fused-ring (bicyclic) bond motifs is 2. The summed E-state index contributed by atoms with van der Waals surface area (Å²) in [4.78, 5) is 32.9. The first-order valence-corrected chi connectivity index (χ1v) is 10.0. The van der Waals surface area contributed by atoms with Crippen LogP contribution in [0.3, 0.4) is 0 Å². The quantitative estimate of drug-likeness (QED) is 0.696. The Morgan fingerprint density at radius 3 is 2.85 bits per heavy atom. The monoisotopic (exact) mass is 379 g/mol. The summed E-state index contributed by atoms with van der Waals surface area (Å²) in [6, 6.07) is 15.3. The highest BCUT2D eigenvalue weighted by Crippen LogP contribution is 2.37. The number of benzene rings is 2. The highest BCUT2D eigenvalue weighted by Gasteiger charge is 2.23. The number of hydrogen-bond donors (Lipinski definition) is 0. The molecule has 0 saturated heterocycles. The molecule has 0 fully saturated rings. The average Bonchev–Trinajstić information content (AvgIpc) is 2.85. The lowest BCUT2D eigenvalue weighted by atomic mass is 10.2. The zero-order chi connectivity index (χ0) is 18.8. The molecule has 1 aliphatic heterocycles. The van der Waals surface area contributed by atoms with E-state index in [0.717, 1.165) is 17.0 Å². The summed E-state index contributed by atoms with van der Waals surface area (Å²) >= 11 is 1.81. The Bertz CT molecular complexity index is 1050. The number of nitrogens with zero attached hydrogens (tertiary/aromatic N) is 3. The number of rotatable bonds is 3. The first-order valence-electron chi connectivity index (χ1n) is 9.14. The molecule has 1 aromatic heterocycles. The van der Waals surface area contributed by atoms with E-state index in [2.05, 4.69) is 18.0 Å². The van der Waals surface area contributed by atoms with Gasteiger partial charge in [0.15, 0.2) is 0 Å². The molecular weight excluding hydrogens is 358 g/mol. The van der Waals surface area contributed by atoms with Crippen molar-refractivity contribution in [3.05, 3.63) is 65.2 Å². The molecule has 0 unspecified atom stereocenters. The number of carbonyl (C=O) groups excluding carboxylic acids is 1. The Hall–Kier alpha value is -2.60. The molecule has 0 radical (unpaired) electrons. The Labute approximate surface area is 162 Å². The molecule has 27 heavy (non-hydrogen) atoms. The molecule has 6 heteroatoms. The summed E-state index contributed by atoms with van der Waals surface area (Å²) in [7, 11) is 0. The van der Waals surface area contributed by atoms with Crippen molar-refractivity contribution < 1.29 is 4.79 Å². The molecule has 5 nitrogen and oxygen atoms in total. The second-order valence-electron chi connectivity index (χ2n) is 6.74. The molecule has 3 aromatic rings. The van der Waals surface area contributed by atoms with E-state index in [0.29, 0.717) is 29.2 Å². The highest BCUT2D eigenvalue weighted by atomic mass is 32.2. The lowest BCUT2D eigenvalue weighted by Crippen LogP contribution is -2.33. The molecule has 2 heterocycles. The summed E-state index contributed by atoms with van der Waals surface area (Å²) < 4.78 is 1.53. The maximum atomic E-state index is 12.9. The summed E-state index contributed by atoms with van der Waals surface area (Å²) in [5, 5.41) is 1.05. The van der Waals surface area contributed by atoms with Crippen LogP contribution in [0.2, 0.25) is 0 Å². The number of para-hydroxylation sites is 2. The van der Waals surface area contributed by atoms with Crippen LogP contribution in [0.15, 0.2) is 64.5 Å². The molecule has 0 aliphatic carbocycles. The van der Waals surface area contributed by atoms with Crippen LogP contribution < -0.4 is 10.5 Å². The van der Waals surface area contributed by atoms with E-state index >= 15 is 0 Å². The van der Waals surface area contributed by atoms with E-state index in [-0.39, 0.29) is 17.9 Å². The predicted molar refractivity (Wildman–Crippen MR) is 109 cm³/mol. The minimum Gasteiger partial charge on any atom is -0.311 e. The van der Waals surface area contributed by atoms with Crippen LogP contribution in [0, 0.1) is 0 Å². The van der Waals surface area contributed by atoms with E-state index < -0.39 is 0 Å². The molecule has 4 rings (SSSR count). The number of amides is 1. The fourth-order valence-electron chi connectivity index (χ4n) is 3.36. The third kappa shape index (κ3) is 3.62. The van der Waals surface area contributed by atoms with Gasteiger partial charge in [-0.1, -0.05) is 31.2 Å². The Balaban J connectivity index is 1.55. The minimum absolute atomic E-state index is 0.0391. The molecular formula is C21H21N3O2S. The van der Waals surface area contributed by atoms with Crippen LogP contribution in [0.25, 0.3) is 10.9 Å². The molecule has 1 amide bonds. The van der Waals surface area contributed by atoms with Gasteiger partial charge in [-0.15, -0.1) is 11.8 Å². The molecule has 0 saturated carbocycles. The van der Waals surface area contributed by atoms with Crippen molar-refractivity contribution in [3.63, 3.8) is 0 Å². The van der Waals surface area contributed by atoms with E-state index in [1.807, 2.05) is 53.1 Å². The predicted octanol–water partition coefficient (Wildman–Crippen LogP) is 3.70. The molecule has 138 valence electrons. The van der Waals surface area contributed by atoms with Crippen molar-refractivity contribution >= 4 is 34.3 Å². The number of anilines is 1. The van der Waals surface area contributed by atoms with E-state index in [1.165, 1.54) is 10.9 Å². The van der Waals surface area contributed by atoms with E-state index in [1.54, 1.807) is 6.07 Å². The number of thioether (sulfide) groups is 1. The van der Waals surface area contributed by atoms with Crippen LogP contribution in [0.4, 0.5) is 5.69 Å². The molecule has 2 aromatic carbocycles. The van der Waals surface area contributed by atoms with Gasteiger partial charge >= 0.3 is 0 Å². The second kappa shape index (κ2) is 7.56. The van der Waals surface area contributed by atoms with E-state index in [9.17, 15) is 9.59 Å². The Kier molecular flexibility index (Phi) is 4.99. The third-order valence-electron chi connectivity index (χ3n) is 4.84. The number of carbonyl (C=O) groups is 1. The molecule has 1 atom stereocenters. The number of hydrogen-bond acceptors (Lipinski definition) is 4. The first-order chi connectivity index (χ1) is 13.1. The summed E-state index contributed by atoms with van der Waals surface area (Å²) in [6.07, 6.45) is 2.75. The van der Waals surface area contributed by atoms with Crippen molar-refractivity contribution in [2.45, 2.75) is 36.5 Å². The van der Waals surface area contributed by atoms with Crippen molar-refractivity contribution in [2.75, 3.05) is 11.4 Å². The average molecular weight is 379 g/mol. The molecule has 0 bridgehead atoms. The van der Waals surface area contributed by atoms with Gasteiger partial charge in [0.25, 0.3) is 5.56 Å². The van der Waals surface area contributed by atoms with Gasteiger partial charge < -0.3 is 4.90 Å². The number of aryl methyl sites for hydroxylation is 1. The Morgan fingerprint density at radius 1 is 1.19 bits per heavy atom. The molecule has 0 N–H and O–H groups in total. The summed E-state index contributed by atoms with van der Waals surface area (Å²) in [5.41, 5.74) is 1.55. The highest BCUT2D eigenvalue weighted by molar-refractivity contribution is 8.00. The van der Waals surface area contributed by atoms with E-state index in [4.69, 9.17) is 0 Å². The zero-order valence-corrected chi connectivity index (χ0v) is 16.0. The third-order valence-corrected chi connectivity index (χ3v) is 6.08. The van der Waals surface area contributed by atoms with Crippen LogP contribution >= 0.6 is 11.8 Å². The smallest absolute Gasteiger partial charge is 0.261 e. The standard InChI is InChI=1S/C21H21N3O2S/c1-15-10-13-24(18-8-4-5-9-19(18)27-15)20(25)11-12-23-14-22-17-7-3-2-6-16(17)21(23)26/h2-9,14-15H,10-13H2,1H3/t15-/m0/s1. The van der Waals surface area contributed by atoms with Gasteiger partial charge in [-0.25, -0.2) is 4.98 Å². The molecule has 1 aliphatic rings. The largest absolute Gasteiger partial charge is 0.311 e. The first kappa shape index (κ1) is 17.8. The van der Waals surface area contributed by atoms with Gasteiger partial charge in [-0.3, -0.25) is 14.2 Å². The Morgan fingerprint density at radius 2 is 1.96 bits per heavy atom. The summed E-state index contributed by atoms with van der Waals surface area (Å²) in [5.74, 6) is 0.0391. The topological polar surface area (TPSA) is 55.2 Å². The maximum Gasteiger partial charge on any atom is 0.261 e. The van der Waals surface area contributed by atoms with Crippen LogP contribution in [0.5, 0.6) is 0 Å². The summed E-state index contributed by atoms with van der Waals surface area (Å²) in [6.45, 7) is 3.22. The van der Waals surface area contributed by atoms with Crippen LogP contribution in [-0.4, -0.2) is 27.3 Å². The fraction of sp³-hybridized carbons (Fsp3) is 0.286. The molecule has 0 spiro atoms. The van der Waals surface area contributed by atoms with Crippen molar-refractivity contribution in [1.82, 2.24) is 9.55 Å². The van der Waals surface area contributed by atoms with Crippen LogP contribution in [0.1, 0.15) is 19.8 Å². The van der Waals surface area contributed by atoms with Gasteiger partial charge in [0.05, 0.1) is 22.9 Å². The van der Waals surface area contributed by atoms with Gasteiger partial charge in [0.2, 0.25) is 5.91 Å². The van der Waals surface area contributed by atoms with Crippen LogP contribution in [-0.2, 0) is 11.3 Å². The minimum atomic E-state index is -0.103. The van der Waals surface area contributed by atoms with Gasteiger partial charge in [0, 0.05) is 29.7 Å². The second-order valence-corrected chi connectivity index (χ2v) is 8.22.